The third-order valence-electron chi connectivity index (χ3n) is 3.78. The van der Waals surface area contributed by atoms with E-state index in [0.717, 1.165) is 20.8 Å². The van der Waals surface area contributed by atoms with Gasteiger partial charge in [0.05, 0.1) is 10.7 Å². The normalized spacial score (nSPS) is 10.8. The average molecular weight is 388 g/mol. The lowest BCUT2D eigenvalue weighted by molar-refractivity contribution is -0.132. The molecule has 0 saturated carbocycles. The molecule has 124 valence electrons. The van der Waals surface area contributed by atoms with Crippen molar-refractivity contribution in [3.05, 3.63) is 58.8 Å². The number of halogens is 1. The van der Waals surface area contributed by atoms with Crippen molar-refractivity contribution in [2.24, 2.45) is 7.05 Å². The molecule has 0 aliphatic heterocycles. The quantitative estimate of drug-likeness (QED) is 0.674. The van der Waals surface area contributed by atoms with Gasteiger partial charge in [-0.25, -0.2) is 0 Å². The molecule has 1 heterocycles. The van der Waals surface area contributed by atoms with Gasteiger partial charge in [-0.15, -0.1) is 0 Å². The van der Waals surface area contributed by atoms with Crippen molar-refractivity contribution in [2.75, 3.05) is 13.7 Å². The zero-order valence-corrected chi connectivity index (χ0v) is 15.2. The van der Waals surface area contributed by atoms with Crippen molar-refractivity contribution in [3.63, 3.8) is 0 Å². The summed E-state index contributed by atoms with van der Waals surface area (Å²) in [5.74, 6) is 0.579. The maximum atomic E-state index is 12.3. The van der Waals surface area contributed by atoms with Crippen LogP contribution in [0, 0.1) is 0 Å². The number of carbonyl (C=O) groups is 1. The summed E-state index contributed by atoms with van der Waals surface area (Å²) in [4.78, 5) is 13.9. The van der Waals surface area contributed by atoms with Gasteiger partial charge in [0.15, 0.2) is 6.61 Å². The van der Waals surface area contributed by atoms with E-state index in [1.54, 1.807) is 22.8 Å². The first kappa shape index (κ1) is 16.5. The Morgan fingerprint density at radius 2 is 2.08 bits per heavy atom. The molecular formula is C18H18BrN3O2. The lowest BCUT2D eigenvalue weighted by atomic mass is 10.1. The number of carbonyl (C=O) groups excluding carboxylic acids is 1. The van der Waals surface area contributed by atoms with Crippen LogP contribution in [0.1, 0.15) is 5.56 Å². The highest BCUT2D eigenvalue weighted by Crippen LogP contribution is 2.33. The van der Waals surface area contributed by atoms with Gasteiger partial charge in [0.25, 0.3) is 5.91 Å². The van der Waals surface area contributed by atoms with Crippen LogP contribution in [0.2, 0.25) is 0 Å². The van der Waals surface area contributed by atoms with Crippen molar-refractivity contribution in [1.29, 1.82) is 0 Å². The van der Waals surface area contributed by atoms with Crippen LogP contribution in [0.3, 0.4) is 0 Å². The molecule has 0 radical (unpaired) electrons. The fraction of sp³-hybridized carbons (Fsp3) is 0.222. The fourth-order valence-electron chi connectivity index (χ4n) is 2.49. The molecule has 24 heavy (non-hydrogen) atoms. The second kappa shape index (κ2) is 7.05. The Hall–Kier alpha value is -2.34. The smallest absolute Gasteiger partial charge is 0.260 e. The predicted octanol–water partition coefficient (Wildman–Crippen LogP) is 3.37. The number of hydrogen-bond donors (Lipinski definition) is 0. The molecule has 3 rings (SSSR count). The third kappa shape index (κ3) is 3.59. The molecule has 0 aliphatic rings. The number of ether oxygens (including phenoxy) is 1. The van der Waals surface area contributed by atoms with Gasteiger partial charge in [-0.2, -0.15) is 5.10 Å². The Morgan fingerprint density at radius 3 is 2.83 bits per heavy atom. The van der Waals surface area contributed by atoms with Crippen LogP contribution < -0.4 is 4.74 Å². The minimum atomic E-state index is -0.0843. The number of nitrogens with zero attached hydrogens (tertiary/aromatic N) is 3. The van der Waals surface area contributed by atoms with Crippen molar-refractivity contribution in [2.45, 2.75) is 6.54 Å². The Balaban J connectivity index is 1.64. The zero-order valence-electron chi connectivity index (χ0n) is 13.6. The Bertz CT molecular complexity index is 876. The minimum Gasteiger partial charge on any atom is -0.483 e. The third-order valence-corrected chi connectivity index (χ3v) is 4.60. The molecule has 0 fully saturated rings. The highest BCUT2D eigenvalue weighted by molar-refractivity contribution is 9.10. The summed E-state index contributed by atoms with van der Waals surface area (Å²) in [5.41, 5.74) is 0.986. The van der Waals surface area contributed by atoms with Crippen LogP contribution in [0.15, 0.2) is 53.3 Å². The zero-order chi connectivity index (χ0) is 17.1. The molecular weight excluding hydrogens is 370 g/mol. The van der Waals surface area contributed by atoms with Crippen molar-refractivity contribution in [1.82, 2.24) is 14.7 Å². The van der Waals surface area contributed by atoms with E-state index in [0.29, 0.717) is 12.3 Å². The average Bonchev–Trinajstić information content (AvgIpc) is 2.99. The van der Waals surface area contributed by atoms with Gasteiger partial charge < -0.3 is 9.64 Å². The standard InChI is InChI=1S/C18H18BrN3O2/c1-21(10-13-9-20-22(2)11-13)17(23)12-24-16-8-7-14-5-3-4-6-15(14)18(16)19/h3-9,11H,10,12H2,1-2H3. The van der Waals surface area contributed by atoms with Crippen molar-refractivity contribution >= 4 is 32.6 Å². The van der Waals surface area contributed by atoms with Gasteiger partial charge in [0.2, 0.25) is 0 Å². The molecule has 0 aliphatic carbocycles. The van der Waals surface area contributed by atoms with E-state index in [1.807, 2.05) is 49.6 Å². The van der Waals surface area contributed by atoms with Gasteiger partial charge in [0.1, 0.15) is 5.75 Å². The first-order valence-electron chi connectivity index (χ1n) is 7.56. The number of aromatic nitrogens is 2. The van der Waals surface area contributed by atoms with E-state index in [4.69, 9.17) is 4.74 Å². The number of hydrogen-bond acceptors (Lipinski definition) is 3. The lowest BCUT2D eigenvalue weighted by Crippen LogP contribution is -2.30. The summed E-state index contributed by atoms with van der Waals surface area (Å²) in [6.45, 7) is 0.503. The summed E-state index contributed by atoms with van der Waals surface area (Å²) in [6.07, 6.45) is 3.65. The molecule has 0 unspecified atom stereocenters. The highest BCUT2D eigenvalue weighted by atomic mass is 79.9. The van der Waals surface area contributed by atoms with Gasteiger partial charge in [-0.3, -0.25) is 9.48 Å². The van der Waals surface area contributed by atoms with Crippen molar-refractivity contribution < 1.29 is 9.53 Å². The fourth-order valence-corrected chi connectivity index (χ4v) is 3.10. The number of fused-ring (bicyclic) bond motifs is 1. The number of aryl methyl sites for hydroxylation is 1. The topological polar surface area (TPSA) is 47.4 Å². The van der Waals surface area contributed by atoms with Gasteiger partial charge in [-0.05, 0) is 32.8 Å². The van der Waals surface area contributed by atoms with Gasteiger partial charge in [-0.1, -0.05) is 30.3 Å². The lowest BCUT2D eigenvalue weighted by Gasteiger charge is -2.17. The second-order valence-electron chi connectivity index (χ2n) is 5.66. The minimum absolute atomic E-state index is 0.00625. The van der Waals surface area contributed by atoms with Crippen LogP contribution >= 0.6 is 15.9 Å². The first-order valence-corrected chi connectivity index (χ1v) is 8.35. The Morgan fingerprint density at radius 1 is 1.29 bits per heavy atom. The second-order valence-corrected chi connectivity index (χ2v) is 6.45. The maximum Gasteiger partial charge on any atom is 0.260 e. The maximum absolute atomic E-state index is 12.3. The monoisotopic (exact) mass is 387 g/mol. The summed E-state index contributed by atoms with van der Waals surface area (Å²) < 4.78 is 8.29. The van der Waals surface area contributed by atoms with E-state index < -0.39 is 0 Å². The van der Waals surface area contributed by atoms with E-state index in [-0.39, 0.29) is 12.5 Å². The van der Waals surface area contributed by atoms with Gasteiger partial charge in [0, 0.05) is 32.4 Å². The number of rotatable bonds is 5. The Kier molecular flexibility index (Phi) is 4.85. The molecule has 0 bridgehead atoms. The van der Waals surface area contributed by atoms with Crippen LogP contribution in [0.5, 0.6) is 5.75 Å². The molecule has 0 atom stereocenters. The summed E-state index contributed by atoms with van der Waals surface area (Å²) in [6, 6.07) is 11.9. The SMILES string of the molecule is CN(Cc1cnn(C)c1)C(=O)COc1ccc2ccccc2c1Br. The summed E-state index contributed by atoms with van der Waals surface area (Å²) >= 11 is 3.56. The molecule has 6 heteroatoms. The van der Waals surface area contributed by atoms with E-state index in [2.05, 4.69) is 21.0 Å². The van der Waals surface area contributed by atoms with Crippen molar-refractivity contribution in [3.8, 4) is 5.75 Å². The number of likely N-dealkylation sites (N-methyl/N-ethyl adjacent to an activating group) is 1. The first-order chi connectivity index (χ1) is 11.5. The molecule has 0 spiro atoms. The summed E-state index contributed by atoms with van der Waals surface area (Å²) in [7, 11) is 3.61. The van der Waals surface area contributed by atoms with Crippen LogP contribution in [0.25, 0.3) is 10.8 Å². The molecule has 5 nitrogen and oxygen atoms in total. The molecule has 2 aromatic carbocycles. The van der Waals surface area contributed by atoms with Crippen LogP contribution in [-0.2, 0) is 18.4 Å². The molecule has 1 amide bonds. The van der Waals surface area contributed by atoms with Gasteiger partial charge >= 0.3 is 0 Å². The molecule has 3 aromatic rings. The Labute approximate surface area is 149 Å². The highest BCUT2D eigenvalue weighted by Gasteiger charge is 2.13. The predicted molar refractivity (Wildman–Crippen MR) is 96.8 cm³/mol. The number of benzene rings is 2. The number of amides is 1. The summed E-state index contributed by atoms with van der Waals surface area (Å²) in [5, 5.41) is 6.29. The van der Waals surface area contributed by atoms with E-state index in [9.17, 15) is 4.79 Å². The molecule has 1 aromatic heterocycles. The molecule has 0 saturated heterocycles. The van der Waals surface area contributed by atoms with Crippen LogP contribution in [-0.4, -0.2) is 34.2 Å². The largest absolute Gasteiger partial charge is 0.483 e. The van der Waals surface area contributed by atoms with E-state index in [1.165, 1.54) is 0 Å². The molecule has 0 N–H and O–H groups in total. The van der Waals surface area contributed by atoms with E-state index >= 15 is 0 Å². The van der Waals surface area contributed by atoms with Crippen LogP contribution in [0.4, 0.5) is 0 Å².